The van der Waals surface area contributed by atoms with E-state index in [4.69, 9.17) is 15.2 Å². The Morgan fingerprint density at radius 2 is 2.03 bits per heavy atom. The summed E-state index contributed by atoms with van der Waals surface area (Å²) < 4.78 is 10.8. The Balaban J connectivity index is 1.67. The topological polar surface area (TPSA) is 101 Å². The third-order valence-electron chi connectivity index (χ3n) is 5.64. The lowest BCUT2D eigenvalue weighted by molar-refractivity contribution is 0.0282. The third kappa shape index (κ3) is 5.39. The van der Waals surface area contributed by atoms with Gasteiger partial charge in [-0.05, 0) is 39.7 Å². The molecule has 9 nitrogen and oxygen atoms in total. The summed E-state index contributed by atoms with van der Waals surface area (Å²) in [5.41, 5.74) is 7.67. The summed E-state index contributed by atoms with van der Waals surface area (Å²) in [5, 5.41) is 0. The zero-order valence-electron chi connectivity index (χ0n) is 19.3. The minimum absolute atomic E-state index is 0.000326. The summed E-state index contributed by atoms with van der Waals surface area (Å²) in [4.78, 5) is 35.6. The highest BCUT2D eigenvalue weighted by molar-refractivity contribution is 5.98. The van der Waals surface area contributed by atoms with Crippen molar-refractivity contribution in [2.45, 2.75) is 58.7 Å². The van der Waals surface area contributed by atoms with Crippen molar-refractivity contribution in [3.8, 4) is 0 Å². The summed E-state index contributed by atoms with van der Waals surface area (Å²) in [5.74, 6) is 0.589. The molecular formula is C22H35N5O4. The third-order valence-corrected chi connectivity index (χ3v) is 5.64. The summed E-state index contributed by atoms with van der Waals surface area (Å²) in [6.07, 6.45) is 1.09. The van der Waals surface area contributed by atoms with E-state index in [2.05, 4.69) is 16.8 Å². The molecule has 1 fully saturated rings. The summed E-state index contributed by atoms with van der Waals surface area (Å²) in [6, 6.07) is 1.88. The number of nitrogens with two attached hydrogens (primary N) is 1. The number of nitrogen functional groups attached to an aromatic ring is 1. The van der Waals surface area contributed by atoms with Crippen LogP contribution < -0.4 is 10.6 Å². The molecule has 0 bridgehead atoms. The van der Waals surface area contributed by atoms with Gasteiger partial charge in [0.05, 0.1) is 18.9 Å². The van der Waals surface area contributed by atoms with Crippen LogP contribution in [0.15, 0.2) is 6.07 Å². The second-order valence-corrected chi connectivity index (χ2v) is 9.19. The van der Waals surface area contributed by atoms with Gasteiger partial charge in [-0.2, -0.15) is 0 Å². The van der Waals surface area contributed by atoms with Crippen LogP contribution in [0.25, 0.3) is 0 Å². The first-order chi connectivity index (χ1) is 14.6. The van der Waals surface area contributed by atoms with Crippen LogP contribution in [-0.2, 0) is 16.0 Å². The van der Waals surface area contributed by atoms with Gasteiger partial charge in [0.15, 0.2) is 5.82 Å². The van der Waals surface area contributed by atoms with E-state index in [1.165, 1.54) is 0 Å². The molecule has 3 heterocycles. The minimum Gasteiger partial charge on any atom is -0.444 e. The van der Waals surface area contributed by atoms with Gasteiger partial charge in [0.1, 0.15) is 11.3 Å². The van der Waals surface area contributed by atoms with Crippen LogP contribution in [0.1, 0.15) is 56.6 Å². The van der Waals surface area contributed by atoms with E-state index in [9.17, 15) is 9.59 Å². The van der Waals surface area contributed by atoms with E-state index in [1.54, 1.807) is 11.9 Å². The highest BCUT2D eigenvalue weighted by atomic mass is 16.6. The standard InChI is InChI=1S/C22H35N5O4/c1-6-16(7-8-25(5)21(29)31-22(2,3)4)27-14-15-13-17(23)19(24-18(15)20(27)28)26-9-11-30-12-10-26/h13,16H,6-12,14,23H2,1-5H3. The van der Waals surface area contributed by atoms with Crippen LogP contribution in [0.5, 0.6) is 0 Å². The number of aromatic nitrogens is 1. The molecule has 0 radical (unpaired) electrons. The molecule has 1 aromatic rings. The number of morpholine rings is 1. The van der Waals surface area contributed by atoms with Crippen molar-refractivity contribution < 1.29 is 19.1 Å². The van der Waals surface area contributed by atoms with Gasteiger partial charge in [-0.25, -0.2) is 9.78 Å². The maximum Gasteiger partial charge on any atom is 0.410 e. The predicted octanol–water partition coefficient (Wildman–Crippen LogP) is 2.49. The maximum atomic E-state index is 13.2. The zero-order valence-corrected chi connectivity index (χ0v) is 19.3. The number of carbonyl (C=O) groups is 2. The number of pyridine rings is 1. The second-order valence-electron chi connectivity index (χ2n) is 9.19. The number of rotatable bonds is 6. The number of anilines is 2. The van der Waals surface area contributed by atoms with E-state index in [0.717, 1.165) is 12.0 Å². The lowest BCUT2D eigenvalue weighted by atomic mass is 10.1. The SMILES string of the molecule is CCC(CCN(C)C(=O)OC(C)(C)C)N1Cc2cc(N)c(N3CCOCC3)nc2C1=O. The first-order valence-electron chi connectivity index (χ1n) is 11.0. The van der Waals surface area contributed by atoms with Crippen molar-refractivity contribution in [1.29, 1.82) is 0 Å². The Bertz CT molecular complexity index is 817. The number of hydrogen-bond acceptors (Lipinski definition) is 7. The van der Waals surface area contributed by atoms with Crippen molar-refractivity contribution in [3.05, 3.63) is 17.3 Å². The number of ether oxygens (including phenoxy) is 2. The molecule has 1 unspecified atom stereocenters. The number of carbonyl (C=O) groups excluding carboxylic acids is 2. The molecule has 9 heteroatoms. The molecule has 2 aliphatic rings. The molecule has 0 saturated carbocycles. The zero-order chi connectivity index (χ0) is 22.8. The maximum absolute atomic E-state index is 13.2. The highest BCUT2D eigenvalue weighted by Crippen LogP contribution is 2.32. The van der Waals surface area contributed by atoms with Crippen LogP contribution in [0.4, 0.5) is 16.3 Å². The number of nitrogens with zero attached hydrogens (tertiary/aromatic N) is 4. The molecule has 1 aromatic heterocycles. The number of hydrogen-bond donors (Lipinski definition) is 1. The molecule has 2 amide bonds. The van der Waals surface area contributed by atoms with Gasteiger partial charge in [-0.3, -0.25) is 4.79 Å². The average molecular weight is 434 g/mol. The molecule has 172 valence electrons. The number of amides is 2. The van der Waals surface area contributed by atoms with Crippen molar-refractivity contribution in [2.75, 3.05) is 50.5 Å². The quantitative estimate of drug-likeness (QED) is 0.735. The molecule has 0 aromatic carbocycles. The summed E-state index contributed by atoms with van der Waals surface area (Å²) in [7, 11) is 1.72. The Hall–Kier alpha value is -2.55. The first kappa shape index (κ1) is 23.1. The largest absolute Gasteiger partial charge is 0.444 e. The van der Waals surface area contributed by atoms with E-state index in [-0.39, 0.29) is 18.0 Å². The van der Waals surface area contributed by atoms with Crippen LogP contribution >= 0.6 is 0 Å². The van der Waals surface area contributed by atoms with Crippen LogP contribution in [0.3, 0.4) is 0 Å². The van der Waals surface area contributed by atoms with Gasteiger partial charge in [-0.15, -0.1) is 0 Å². The molecule has 0 aliphatic carbocycles. The predicted molar refractivity (Wildman–Crippen MR) is 119 cm³/mol. The molecule has 2 N–H and O–H groups in total. The van der Waals surface area contributed by atoms with Gasteiger partial charge < -0.3 is 29.9 Å². The lowest BCUT2D eigenvalue weighted by Crippen LogP contribution is -2.40. The fourth-order valence-electron chi connectivity index (χ4n) is 3.94. The van der Waals surface area contributed by atoms with Gasteiger partial charge in [-0.1, -0.05) is 6.92 Å². The molecule has 3 rings (SSSR count). The fourth-order valence-corrected chi connectivity index (χ4v) is 3.94. The summed E-state index contributed by atoms with van der Waals surface area (Å²) in [6.45, 7) is 11.3. The van der Waals surface area contributed by atoms with Crippen molar-refractivity contribution >= 4 is 23.5 Å². The first-order valence-corrected chi connectivity index (χ1v) is 11.0. The van der Waals surface area contributed by atoms with Crippen LogP contribution in [0.2, 0.25) is 0 Å². The van der Waals surface area contributed by atoms with Crippen molar-refractivity contribution in [3.63, 3.8) is 0 Å². The Morgan fingerprint density at radius 3 is 2.65 bits per heavy atom. The van der Waals surface area contributed by atoms with Gasteiger partial charge >= 0.3 is 6.09 Å². The highest BCUT2D eigenvalue weighted by Gasteiger charge is 2.35. The van der Waals surface area contributed by atoms with Gasteiger partial charge in [0, 0.05) is 44.8 Å². The van der Waals surface area contributed by atoms with Crippen molar-refractivity contribution in [2.24, 2.45) is 0 Å². The molecule has 31 heavy (non-hydrogen) atoms. The van der Waals surface area contributed by atoms with E-state index in [1.807, 2.05) is 31.7 Å². The Morgan fingerprint density at radius 1 is 1.35 bits per heavy atom. The minimum atomic E-state index is -0.536. The fraction of sp³-hybridized carbons (Fsp3) is 0.682. The lowest BCUT2D eigenvalue weighted by Gasteiger charge is -2.29. The monoisotopic (exact) mass is 433 g/mol. The normalized spacial score (nSPS) is 17.5. The second kappa shape index (κ2) is 9.30. The molecule has 1 atom stereocenters. The molecule has 0 spiro atoms. The molecule has 1 saturated heterocycles. The Kier molecular flexibility index (Phi) is 6.93. The average Bonchev–Trinajstić information content (AvgIpc) is 3.02. The van der Waals surface area contributed by atoms with Crippen LogP contribution in [0, 0.1) is 0 Å². The summed E-state index contributed by atoms with van der Waals surface area (Å²) >= 11 is 0. The van der Waals surface area contributed by atoms with E-state index >= 15 is 0 Å². The van der Waals surface area contributed by atoms with Gasteiger partial charge in [0.2, 0.25) is 0 Å². The van der Waals surface area contributed by atoms with Crippen LogP contribution in [-0.4, -0.2) is 78.3 Å². The van der Waals surface area contributed by atoms with Crippen molar-refractivity contribution in [1.82, 2.24) is 14.8 Å². The van der Waals surface area contributed by atoms with Gasteiger partial charge in [0.25, 0.3) is 5.91 Å². The van der Waals surface area contributed by atoms with E-state index < -0.39 is 5.60 Å². The smallest absolute Gasteiger partial charge is 0.410 e. The van der Waals surface area contributed by atoms with E-state index in [0.29, 0.717) is 63.0 Å². The number of fused-ring (bicyclic) bond motifs is 1. The Labute approximate surface area is 184 Å². The molecule has 2 aliphatic heterocycles. The molecular weight excluding hydrogens is 398 g/mol.